The lowest BCUT2D eigenvalue weighted by Crippen LogP contribution is -2.42. The van der Waals surface area contributed by atoms with Crippen LogP contribution >= 0.6 is 23.2 Å². The number of carbonyl (C=O) groups is 2. The molecule has 1 saturated heterocycles. The first-order chi connectivity index (χ1) is 10.5. The maximum absolute atomic E-state index is 12.1. The van der Waals surface area contributed by atoms with Gasteiger partial charge < -0.3 is 10.2 Å². The van der Waals surface area contributed by atoms with Gasteiger partial charge in [-0.05, 0) is 37.0 Å². The van der Waals surface area contributed by atoms with E-state index in [1.165, 1.54) is 0 Å². The molecule has 0 aliphatic carbocycles. The third-order valence-electron chi connectivity index (χ3n) is 4.02. The Morgan fingerprint density at radius 3 is 2.55 bits per heavy atom. The third-order valence-corrected chi connectivity index (χ3v) is 4.61. The van der Waals surface area contributed by atoms with E-state index in [1.807, 2.05) is 6.07 Å². The number of likely N-dealkylation sites (tertiary alicyclic amines) is 1. The Kier molecular flexibility index (Phi) is 6.09. The second-order valence-electron chi connectivity index (χ2n) is 5.56. The second kappa shape index (κ2) is 7.84. The van der Waals surface area contributed by atoms with Gasteiger partial charge in [-0.25, -0.2) is 0 Å². The SMILES string of the molecule is CC(=O)N1CCC(C(=O)NCCc2ccc(Cl)cc2Cl)CC1. The summed E-state index contributed by atoms with van der Waals surface area (Å²) in [5.41, 5.74) is 0.970. The Balaban J connectivity index is 1.75. The Bertz CT molecular complexity index is 555. The van der Waals surface area contributed by atoms with Gasteiger partial charge in [0.05, 0.1) is 0 Å². The number of nitrogens with zero attached hydrogens (tertiary/aromatic N) is 1. The highest BCUT2D eigenvalue weighted by molar-refractivity contribution is 6.35. The zero-order valence-electron chi connectivity index (χ0n) is 12.6. The van der Waals surface area contributed by atoms with Crippen molar-refractivity contribution in [3.63, 3.8) is 0 Å². The zero-order valence-corrected chi connectivity index (χ0v) is 14.1. The Labute approximate surface area is 140 Å². The van der Waals surface area contributed by atoms with Crippen molar-refractivity contribution in [2.75, 3.05) is 19.6 Å². The standard InChI is InChI=1S/C16H20Cl2N2O2/c1-11(21)20-8-5-13(6-9-20)16(22)19-7-4-12-2-3-14(17)10-15(12)18/h2-3,10,13H,4-9H2,1H3,(H,19,22). The second-order valence-corrected chi connectivity index (χ2v) is 6.40. The molecule has 2 amide bonds. The summed E-state index contributed by atoms with van der Waals surface area (Å²) >= 11 is 12.0. The van der Waals surface area contributed by atoms with Crippen molar-refractivity contribution in [2.45, 2.75) is 26.2 Å². The van der Waals surface area contributed by atoms with Crippen LogP contribution in [-0.4, -0.2) is 36.3 Å². The average molecular weight is 343 g/mol. The molecule has 1 aromatic carbocycles. The molecule has 2 rings (SSSR count). The van der Waals surface area contributed by atoms with E-state index in [2.05, 4.69) is 5.32 Å². The van der Waals surface area contributed by atoms with Crippen molar-refractivity contribution < 1.29 is 9.59 Å². The maximum atomic E-state index is 12.1. The number of benzene rings is 1. The Morgan fingerprint density at radius 1 is 1.27 bits per heavy atom. The Hall–Kier alpha value is -1.26. The smallest absolute Gasteiger partial charge is 0.223 e. The molecule has 1 aliphatic heterocycles. The van der Waals surface area contributed by atoms with E-state index < -0.39 is 0 Å². The maximum Gasteiger partial charge on any atom is 0.223 e. The fourth-order valence-corrected chi connectivity index (χ4v) is 3.15. The molecule has 6 heteroatoms. The fraction of sp³-hybridized carbons (Fsp3) is 0.500. The number of halogens is 2. The van der Waals surface area contributed by atoms with E-state index in [4.69, 9.17) is 23.2 Å². The predicted octanol–water partition coefficient (Wildman–Crippen LogP) is 2.91. The van der Waals surface area contributed by atoms with E-state index in [-0.39, 0.29) is 17.7 Å². The lowest BCUT2D eigenvalue weighted by Gasteiger charge is -2.30. The van der Waals surface area contributed by atoms with Crippen molar-refractivity contribution >= 4 is 35.0 Å². The van der Waals surface area contributed by atoms with Gasteiger partial charge >= 0.3 is 0 Å². The van der Waals surface area contributed by atoms with Crippen LogP contribution in [0.25, 0.3) is 0 Å². The number of amides is 2. The summed E-state index contributed by atoms with van der Waals surface area (Å²) in [6, 6.07) is 5.38. The van der Waals surface area contributed by atoms with E-state index in [0.29, 0.717) is 36.1 Å². The molecule has 0 unspecified atom stereocenters. The first-order valence-electron chi connectivity index (χ1n) is 7.44. The van der Waals surface area contributed by atoms with Gasteiger partial charge in [-0.15, -0.1) is 0 Å². The van der Waals surface area contributed by atoms with Crippen LogP contribution in [0.5, 0.6) is 0 Å². The molecule has 1 heterocycles. The summed E-state index contributed by atoms with van der Waals surface area (Å²) in [7, 11) is 0. The lowest BCUT2D eigenvalue weighted by atomic mass is 9.96. The van der Waals surface area contributed by atoms with Crippen LogP contribution in [0.3, 0.4) is 0 Å². The minimum atomic E-state index is -0.00344. The molecule has 22 heavy (non-hydrogen) atoms. The van der Waals surface area contributed by atoms with Gasteiger partial charge in [0, 0.05) is 42.5 Å². The summed E-state index contributed by atoms with van der Waals surface area (Å²) in [6.45, 7) is 3.44. The number of rotatable bonds is 4. The number of carbonyl (C=O) groups excluding carboxylic acids is 2. The quantitative estimate of drug-likeness (QED) is 0.914. The number of piperidine rings is 1. The molecule has 4 nitrogen and oxygen atoms in total. The van der Waals surface area contributed by atoms with Crippen molar-refractivity contribution in [3.05, 3.63) is 33.8 Å². The molecule has 0 radical (unpaired) electrons. The zero-order chi connectivity index (χ0) is 16.1. The fourth-order valence-electron chi connectivity index (χ4n) is 2.65. The molecular formula is C16H20Cl2N2O2. The summed E-state index contributed by atoms with van der Waals surface area (Å²) in [5.74, 6) is 0.140. The largest absolute Gasteiger partial charge is 0.356 e. The molecule has 0 spiro atoms. The van der Waals surface area contributed by atoms with E-state index in [0.717, 1.165) is 18.4 Å². The molecule has 0 bridgehead atoms. The number of hydrogen-bond donors (Lipinski definition) is 1. The highest BCUT2D eigenvalue weighted by Crippen LogP contribution is 2.21. The van der Waals surface area contributed by atoms with Crippen molar-refractivity contribution in [1.82, 2.24) is 10.2 Å². The lowest BCUT2D eigenvalue weighted by molar-refractivity contribution is -0.133. The van der Waals surface area contributed by atoms with E-state index in [9.17, 15) is 9.59 Å². The summed E-state index contributed by atoms with van der Waals surface area (Å²) in [4.78, 5) is 25.2. The Morgan fingerprint density at radius 2 is 1.95 bits per heavy atom. The van der Waals surface area contributed by atoms with Gasteiger partial charge in [-0.3, -0.25) is 9.59 Å². The number of nitrogens with one attached hydrogen (secondary N) is 1. The third kappa shape index (κ3) is 4.62. The van der Waals surface area contributed by atoms with Gasteiger partial charge in [0.25, 0.3) is 0 Å². The van der Waals surface area contributed by atoms with Crippen LogP contribution in [0.15, 0.2) is 18.2 Å². The van der Waals surface area contributed by atoms with Crippen LogP contribution in [-0.2, 0) is 16.0 Å². The molecule has 120 valence electrons. The van der Waals surface area contributed by atoms with Crippen LogP contribution in [0.4, 0.5) is 0 Å². The number of hydrogen-bond acceptors (Lipinski definition) is 2. The minimum absolute atomic E-state index is 0.00344. The van der Waals surface area contributed by atoms with Crippen LogP contribution in [0.1, 0.15) is 25.3 Å². The molecular weight excluding hydrogens is 323 g/mol. The summed E-state index contributed by atoms with van der Waals surface area (Å²) < 4.78 is 0. The average Bonchev–Trinajstić information content (AvgIpc) is 2.49. The molecule has 0 aromatic heterocycles. The molecule has 1 aliphatic rings. The highest BCUT2D eigenvalue weighted by atomic mass is 35.5. The predicted molar refractivity (Wildman–Crippen MR) is 88.2 cm³/mol. The molecule has 0 saturated carbocycles. The van der Waals surface area contributed by atoms with Gasteiger partial charge in [0.2, 0.25) is 11.8 Å². The highest BCUT2D eigenvalue weighted by Gasteiger charge is 2.25. The van der Waals surface area contributed by atoms with Crippen molar-refractivity contribution in [2.24, 2.45) is 5.92 Å². The molecule has 1 fully saturated rings. The van der Waals surface area contributed by atoms with Gasteiger partial charge in [-0.1, -0.05) is 29.3 Å². The van der Waals surface area contributed by atoms with E-state index >= 15 is 0 Å². The van der Waals surface area contributed by atoms with Crippen molar-refractivity contribution in [3.8, 4) is 0 Å². The molecule has 0 atom stereocenters. The van der Waals surface area contributed by atoms with Gasteiger partial charge in [-0.2, -0.15) is 0 Å². The summed E-state index contributed by atoms with van der Waals surface area (Å²) in [6.07, 6.45) is 2.13. The first-order valence-corrected chi connectivity index (χ1v) is 8.20. The minimum Gasteiger partial charge on any atom is -0.356 e. The first kappa shape index (κ1) is 17.1. The normalized spacial score (nSPS) is 15.7. The van der Waals surface area contributed by atoms with Crippen molar-refractivity contribution in [1.29, 1.82) is 0 Å². The van der Waals surface area contributed by atoms with Crippen LogP contribution in [0, 0.1) is 5.92 Å². The van der Waals surface area contributed by atoms with Gasteiger partial charge in [0.15, 0.2) is 0 Å². The van der Waals surface area contributed by atoms with Crippen LogP contribution < -0.4 is 5.32 Å². The van der Waals surface area contributed by atoms with E-state index in [1.54, 1.807) is 24.0 Å². The molecule has 1 aromatic rings. The van der Waals surface area contributed by atoms with Crippen LogP contribution in [0.2, 0.25) is 10.0 Å². The monoisotopic (exact) mass is 342 g/mol. The topological polar surface area (TPSA) is 49.4 Å². The van der Waals surface area contributed by atoms with Gasteiger partial charge in [0.1, 0.15) is 0 Å². The molecule has 1 N–H and O–H groups in total. The summed E-state index contributed by atoms with van der Waals surface area (Å²) in [5, 5.41) is 4.18.